The van der Waals surface area contributed by atoms with E-state index in [2.05, 4.69) is 4.98 Å². The number of hydrogen-bond donors (Lipinski definition) is 1. The second kappa shape index (κ2) is 8.00. The molecule has 0 aliphatic carbocycles. The summed E-state index contributed by atoms with van der Waals surface area (Å²) in [6.07, 6.45) is 2.43. The molecule has 7 nitrogen and oxygen atoms in total. The van der Waals surface area contributed by atoms with Crippen LogP contribution in [0.5, 0.6) is 0 Å². The number of amides is 2. The van der Waals surface area contributed by atoms with Crippen LogP contribution < -0.4 is 4.90 Å². The van der Waals surface area contributed by atoms with Crippen molar-refractivity contribution in [2.75, 3.05) is 11.4 Å². The van der Waals surface area contributed by atoms with Gasteiger partial charge in [0.05, 0.1) is 12.6 Å². The second-order valence-electron chi connectivity index (χ2n) is 8.79. The maximum absolute atomic E-state index is 13.3. The minimum atomic E-state index is -1.48. The number of carbonyl (C=O) groups excluding carboxylic acids is 2. The molecule has 8 heteroatoms. The lowest BCUT2D eigenvalue weighted by atomic mass is 10.0. The number of nitrogens with zero attached hydrogens (tertiary/aromatic N) is 4. The highest BCUT2D eigenvalue weighted by Crippen LogP contribution is 2.36. The number of likely N-dealkylation sites (tertiary alicyclic amines) is 1. The van der Waals surface area contributed by atoms with E-state index in [1.165, 1.54) is 26.0 Å². The molecule has 3 heterocycles. The Morgan fingerprint density at radius 3 is 2.61 bits per heavy atom. The summed E-state index contributed by atoms with van der Waals surface area (Å²) in [5, 5.41) is 10.2. The Labute approximate surface area is 180 Å². The van der Waals surface area contributed by atoms with Gasteiger partial charge in [-0.3, -0.25) is 14.5 Å². The standard InChI is InChI=1S/C23H27FN4O3/c1-14-17-10-11-19(29)28(13-15-6-8-16(24)9-7-15)21(17)26-20(25-14)18-5-4-12-27(18)22(30)23(2,3)31/h6-9,18,31H,4-5,10-13H2,1-3H3. The average molecular weight is 426 g/mol. The third-order valence-corrected chi connectivity index (χ3v) is 5.94. The summed E-state index contributed by atoms with van der Waals surface area (Å²) in [4.78, 5) is 38.2. The Hall–Kier alpha value is -2.87. The lowest BCUT2D eigenvalue weighted by Gasteiger charge is -2.32. The first kappa shape index (κ1) is 21.4. The zero-order valence-corrected chi connectivity index (χ0v) is 18.1. The number of fused-ring (bicyclic) bond motifs is 1. The molecule has 2 aromatic rings. The van der Waals surface area contributed by atoms with E-state index in [-0.39, 0.29) is 23.7 Å². The fourth-order valence-electron chi connectivity index (χ4n) is 4.32. The third kappa shape index (κ3) is 4.17. The van der Waals surface area contributed by atoms with Crippen LogP contribution in [0, 0.1) is 12.7 Å². The van der Waals surface area contributed by atoms with E-state index in [1.54, 1.807) is 21.9 Å². The molecule has 2 aliphatic rings. The van der Waals surface area contributed by atoms with E-state index in [4.69, 9.17) is 4.98 Å². The lowest BCUT2D eigenvalue weighted by molar-refractivity contribution is -0.149. The largest absolute Gasteiger partial charge is 0.381 e. The van der Waals surface area contributed by atoms with Gasteiger partial charge in [0.1, 0.15) is 17.2 Å². The number of halogens is 1. The number of aromatic nitrogens is 2. The van der Waals surface area contributed by atoms with Gasteiger partial charge < -0.3 is 10.0 Å². The maximum Gasteiger partial charge on any atom is 0.254 e. The number of carbonyl (C=O) groups is 2. The fraction of sp³-hybridized carbons (Fsp3) is 0.478. The van der Waals surface area contributed by atoms with Crippen LogP contribution in [0.2, 0.25) is 0 Å². The Morgan fingerprint density at radius 1 is 1.23 bits per heavy atom. The molecular weight excluding hydrogens is 399 g/mol. The molecule has 0 saturated carbocycles. The van der Waals surface area contributed by atoms with Gasteiger partial charge in [0.15, 0.2) is 5.82 Å². The molecule has 1 aromatic carbocycles. The number of hydrogen-bond acceptors (Lipinski definition) is 5. The first-order chi connectivity index (χ1) is 14.6. The van der Waals surface area contributed by atoms with Crippen molar-refractivity contribution in [3.63, 3.8) is 0 Å². The van der Waals surface area contributed by atoms with Gasteiger partial charge in [-0.2, -0.15) is 0 Å². The molecule has 2 amide bonds. The Balaban J connectivity index is 1.71. The molecule has 1 N–H and O–H groups in total. The number of aliphatic hydroxyl groups is 1. The van der Waals surface area contributed by atoms with Crippen LogP contribution in [-0.4, -0.2) is 43.9 Å². The average Bonchev–Trinajstić information content (AvgIpc) is 3.20. The zero-order valence-electron chi connectivity index (χ0n) is 18.1. The molecule has 4 rings (SSSR count). The topological polar surface area (TPSA) is 86.6 Å². The van der Waals surface area contributed by atoms with E-state index in [9.17, 15) is 19.1 Å². The van der Waals surface area contributed by atoms with Gasteiger partial charge in [-0.15, -0.1) is 0 Å². The molecule has 1 unspecified atom stereocenters. The third-order valence-electron chi connectivity index (χ3n) is 5.94. The lowest BCUT2D eigenvalue weighted by Crippen LogP contribution is -2.45. The Kier molecular flexibility index (Phi) is 5.51. The van der Waals surface area contributed by atoms with Crippen LogP contribution in [0.4, 0.5) is 10.2 Å². The molecule has 1 saturated heterocycles. The molecule has 0 radical (unpaired) electrons. The highest BCUT2D eigenvalue weighted by molar-refractivity contribution is 5.95. The number of benzene rings is 1. The minimum absolute atomic E-state index is 0.0447. The number of rotatable bonds is 4. The van der Waals surface area contributed by atoms with Crippen LogP contribution >= 0.6 is 0 Å². The van der Waals surface area contributed by atoms with Crippen LogP contribution in [0.3, 0.4) is 0 Å². The van der Waals surface area contributed by atoms with Crippen LogP contribution in [0.15, 0.2) is 24.3 Å². The summed E-state index contributed by atoms with van der Waals surface area (Å²) in [6, 6.07) is 5.73. The molecule has 1 aromatic heterocycles. The van der Waals surface area contributed by atoms with E-state index < -0.39 is 5.60 Å². The van der Waals surface area contributed by atoms with Crippen molar-refractivity contribution in [3.8, 4) is 0 Å². The van der Waals surface area contributed by atoms with Crippen molar-refractivity contribution in [1.82, 2.24) is 14.9 Å². The predicted molar refractivity (Wildman–Crippen MR) is 113 cm³/mol. The van der Waals surface area contributed by atoms with Crippen LogP contribution in [0.25, 0.3) is 0 Å². The summed E-state index contributed by atoms with van der Waals surface area (Å²) in [5.41, 5.74) is 1.04. The molecule has 31 heavy (non-hydrogen) atoms. The van der Waals surface area contributed by atoms with Crippen molar-refractivity contribution in [3.05, 3.63) is 52.7 Å². The number of aryl methyl sites for hydroxylation is 1. The molecule has 2 aliphatic heterocycles. The monoisotopic (exact) mass is 426 g/mol. The van der Waals surface area contributed by atoms with Crippen molar-refractivity contribution in [2.45, 2.75) is 64.6 Å². The van der Waals surface area contributed by atoms with Crippen molar-refractivity contribution in [1.29, 1.82) is 0 Å². The normalized spacial score (nSPS) is 19.0. The van der Waals surface area contributed by atoms with E-state index in [0.29, 0.717) is 44.0 Å². The molecule has 0 bridgehead atoms. The Bertz CT molecular complexity index is 1020. The molecule has 164 valence electrons. The van der Waals surface area contributed by atoms with E-state index >= 15 is 0 Å². The quantitative estimate of drug-likeness (QED) is 0.813. The van der Waals surface area contributed by atoms with Gasteiger partial charge in [-0.25, -0.2) is 14.4 Å². The fourth-order valence-corrected chi connectivity index (χ4v) is 4.32. The van der Waals surface area contributed by atoms with Gasteiger partial charge in [0.2, 0.25) is 5.91 Å². The zero-order chi connectivity index (χ0) is 22.3. The highest BCUT2D eigenvalue weighted by atomic mass is 19.1. The summed E-state index contributed by atoms with van der Waals surface area (Å²) in [7, 11) is 0. The predicted octanol–water partition coefficient (Wildman–Crippen LogP) is 2.84. The SMILES string of the molecule is Cc1nc(C2CCCN2C(=O)C(C)(C)O)nc2c1CCC(=O)N2Cc1ccc(F)cc1. The highest BCUT2D eigenvalue weighted by Gasteiger charge is 2.39. The van der Waals surface area contributed by atoms with Gasteiger partial charge in [-0.05, 0) is 57.7 Å². The smallest absolute Gasteiger partial charge is 0.254 e. The minimum Gasteiger partial charge on any atom is -0.381 e. The maximum atomic E-state index is 13.3. The van der Waals surface area contributed by atoms with Gasteiger partial charge in [-0.1, -0.05) is 12.1 Å². The van der Waals surface area contributed by atoms with E-state index in [1.807, 2.05) is 6.92 Å². The molecule has 1 atom stereocenters. The summed E-state index contributed by atoms with van der Waals surface area (Å²) in [6.45, 7) is 5.68. The van der Waals surface area contributed by atoms with Gasteiger partial charge in [0, 0.05) is 24.2 Å². The van der Waals surface area contributed by atoms with Gasteiger partial charge >= 0.3 is 0 Å². The summed E-state index contributed by atoms with van der Waals surface area (Å²) in [5.74, 6) is 0.327. The van der Waals surface area contributed by atoms with Crippen LogP contribution in [0.1, 0.15) is 61.8 Å². The second-order valence-corrected chi connectivity index (χ2v) is 8.79. The van der Waals surface area contributed by atoms with Gasteiger partial charge in [0.25, 0.3) is 5.91 Å². The van der Waals surface area contributed by atoms with Crippen molar-refractivity contribution in [2.24, 2.45) is 0 Å². The van der Waals surface area contributed by atoms with Crippen molar-refractivity contribution >= 4 is 17.6 Å². The summed E-state index contributed by atoms with van der Waals surface area (Å²) >= 11 is 0. The van der Waals surface area contributed by atoms with Crippen LogP contribution in [-0.2, 0) is 22.6 Å². The Morgan fingerprint density at radius 2 is 1.94 bits per heavy atom. The first-order valence-electron chi connectivity index (χ1n) is 10.6. The summed E-state index contributed by atoms with van der Waals surface area (Å²) < 4.78 is 13.3. The first-order valence-corrected chi connectivity index (χ1v) is 10.6. The molecule has 0 spiro atoms. The molecular formula is C23H27FN4O3. The van der Waals surface area contributed by atoms with E-state index in [0.717, 1.165) is 23.2 Å². The molecule has 1 fully saturated rings. The van der Waals surface area contributed by atoms with Crippen molar-refractivity contribution < 1.29 is 19.1 Å². The number of anilines is 1.